The fourth-order valence-corrected chi connectivity index (χ4v) is 3.25. The van der Waals surface area contributed by atoms with Crippen molar-refractivity contribution in [3.05, 3.63) is 65.0 Å². The SMILES string of the molecule is C=CCN(C(=O)c1cccc(OC)c1)C(C)C(=O)c1c(C)[nH]c(C(=O)OC)c1C. The molecule has 2 rings (SSSR count). The monoisotopic (exact) mass is 398 g/mol. The first-order valence-corrected chi connectivity index (χ1v) is 9.14. The molecule has 0 aliphatic rings. The molecule has 2 aromatic rings. The first-order valence-electron chi connectivity index (χ1n) is 9.14. The summed E-state index contributed by atoms with van der Waals surface area (Å²) in [4.78, 5) is 42.6. The van der Waals surface area contributed by atoms with Gasteiger partial charge in [0.15, 0.2) is 5.78 Å². The molecule has 1 aromatic heterocycles. The maximum absolute atomic E-state index is 13.3. The molecule has 1 N–H and O–H groups in total. The molecule has 1 amide bonds. The van der Waals surface area contributed by atoms with E-state index in [1.54, 1.807) is 51.1 Å². The van der Waals surface area contributed by atoms with E-state index in [1.165, 1.54) is 19.1 Å². The fourth-order valence-electron chi connectivity index (χ4n) is 3.25. The zero-order chi connectivity index (χ0) is 21.7. The summed E-state index contributed by atoms with van der Waals surface area (Å²) in [6, 6.07) is 5.97. The number of rotatable bonds is 8. The van der Waals surface area contributed by atoms with Crippen LogP contribution in [0.1, 0.15) is 49.4 Å². The second kappa shape index (κ2) is 9.23. The number of benzene rings is 1. The molecule has 7 nitrogen and oxygen atoms in total. The predicted molar refractivity (Wildman–Crippen MR) is 110 cm³/mol. The quantitative estimate of drug-likeness (QED) is 0.419. The average molecular weight is 398 g/mol. The third kappa shape index (κ3) is 4.39. The van der Waals surface area contributed by atoms with Gasteiger partial charge in [-0.3, -0.25) is 9.59 Å². The van der Waals surface area contributed by atoms with Crippen molar-refractivity contribution in [2.24, 2.45) is 0 Å². The van der Waals surface area contributed by atoms with E-state index in [2.05, 4.69) is 11.6 Å². The number of Topliss-reactive ketones (excluding diaryl/α,β-unsaturated/α-hetero) is 1. The van der Waals surface area contributed by atoms with Crippen molar-refractivity contribution in [1.29, 1.82) is 0 Å². The molecule has 0 aliphatic carbocycles. The number of carbonyl (C=O) groups excluding carboxylic acids is 3. The zero-order valence-corrected chi connectivity index (χ0v) is 17.4. The smallest absolute Gasteiger partial charge is 0.354 e. The Morgan fingerprint density at radius 3 is 2.52 bits per heavy atom. The molecule has 1 aromatic carbocycles. The Morgan fingerprint density at radius 2 is 1.93 bits per heavy atom. The largest absolute Gasteiger partial charge is 0.497 e. The van der Waals surface area contributed by atoms with Crippen molar-refractivity contribution in [2.45, 2.75) is 26.8 Å². The van der Waals surface area contributed by atoms with E-state index in [0.717, 1.165) is 0 Å². The van der Waals surface area contributed by atoms with E-state index in [-0.39, 0.29) is 23.9 Å². The molecule has 7 heteroatoms. The third-order valence-electron chi connectivity index (χ3n) is 4.82. The van der Waals surface area contributed by atoms with Crippen LogP contribution in [-0.2, 0) is 4.74 Å². The van der Waals surface area contributed by atoms with Gasteiger partial charge in [-0.1, -0.05) is 12.1 Å². The van der Waals surface area contributed by atoms with Crippen LogP contribution in [0.5, 0.6) is 5.75 Å². The molecule has 154 valence electrons. The van der Waals surface area contributed by atoms with Gasteiger partial charge in [0.25, 0.3) is 5.91 Å². The second-order valence-corrected chi connectivity index (χ2v) is 6.63. The number of carbonyl (C=O) groups is 3. The van der Waals surface area contributed by atoms with Crippen LogP contribution in [0, 0.1) is 13.8 Å². The lowest BCUT2D eigenvalue weighted by Gasteiger charge is -2.27. The molecule has 1 heterocycles. The standard InChI is InChI=1S/C22H26N2O5/c1-7-11-24(21(26)16-9-8-10-17(12-16)28-5)15(4)20(25)18-13(2)19(22(27)29-6)23-14(18)3/h7-10,12,15,23H,1,11H2,2-6H3. The summed E-state index contributed by atoms with van der Waals surface area (Å²) in [5.41, 5.74) is 2.06. The highest BCUT2D eigenvalue weighted by atomic mass is 16.5. The Balaban J connectivity index is 2.40. The average Bonchev–Trinajstić information content (AvgIpc) is 3.03. The Labute approximate surface area is 170 Å². The first kappa shape index (κ1) is 21.9. The Hall–Kier alpha value is -3.35. The van der Waals surface area contributed by atoms with Gasteiger partial charge in [0, 0.05) is 23.4 Å². The number of amides is 1. The van der Waals surface area contributed by atoms with E-state index in [1.807, 2.05) is 0 Å². The Kier molecular flexibility index (Phi) is 6.98. The molecule has 29 heavy (non-hydrogen) atoms. The first-order chi connectivity index (χ1) is 13.8. The lowest BCUT2D eigenvalue weighted by molar-refractivity contribution is 0.0593. The Bertz CT molecular complexity index is 945. The summed E-state index contributed by atoms with van der Waals surface area (Å²) in [7, 11) is 2.80. The maximum Gasteiger partial charge on any atom is 0.354 e. The topological polar surface area (TPSA) is 88.7 Å². The van der Waals surface area contributed by atoms with E-state index in [9.17, 15) is 14.4 Å². The normalized spacial score (nSPS) is 11.5. The van der Waals surface area contributed by atoms with E-state index in [4.69, 9.17) is 9.47 Å². The van der Waals surface area contributed by atoms with Gasteiger partial charge in [-0.05, 0) is 44.5 Å². The number of ketones is 1. The fraction of sp³-hybridized carbons (Fsp3) is 0.318. The van der Waals surface area contributed by atoms with Crippen molar-refractivity contribution >= 4 is 17.7 Å². The third-order valence-corrected chi connectivity index (χ3v) is 4.82. The number of H-pyrrole nitrogens is 1. The maximum atomic E-state index is 13.3. The second-order valence-electron chi connectivity index (χ2n) is 6.63. The van der Waals surface area contributed by atoms with E-state index < -0.39 is 12.0 Å². The van der Waals surface area contributed by atoms with Crippen LogP contribution >= 0.6 is 0 Å². The van der Waals surface area contributed by atoms with Crippen LogP contribution in [0.3, 0.4) is 0 Å². The molecule has 0 fully saturated rings. The minimum absolute atomic E-state index is 0.190. The van der Waals surface area contributed by atoms with E-state index in [0.29, 0.717) is 28.1 Å². The number of methoxy groups -OCH3 is 2. The van der Waals surface area contributed by atoms with Crippen molar-refractivity contribution in [3.63, 3.8) is 0 Å². The van der Waals surface area contributed by atoms with Crippen LogP contribution in [0.2, 0.25) is 0 Å². The number of aryl methyl sites for hydroxylation is 1. The molecule has 1 atom stereocenters. The number of nitrogens with zero attached hydrogens (tertiary/aromatic N) is 1. The minimum Gasteiger partial charge on any atom is -0.497 e. The molecule has 0 radical (unpaired) electrons. The number of nitrogens with one attached hydrogen (secondary N) is 1. The molecule has 0 spiro atoms. The van der Waals surface area contributed by atoms with Crippen molar-refractivity contribution in [1.82, 2.24) is 9.88 Å². The lowest BCUT2D eigenvalue weighted by atomic mass is 9.99. The highest BCUT2D eigenvalue weighted by Gasteiger charge is 2.31. The number of ether oxygens (including phenoxy) is 2. The van der Waals surface area contributed by atoms with Crippen molar-refractivity contribution < 1.29 is 23.9 Å². The summed E-state index contributed by atoms with van der Waals surface area (Å²) in [5, 5.41) is 0. The van der Waals surface area contributed by atoms with Crippen LogP contribution in [-0.4, -0.2) is 54.3 Å². The lowest BCUT2D eigenvalue weighted by Crippen LogP contribution is -2.43. The minimum atomic E-state index is -0.773. The number of aromatic nitrogens is 1. The summed E-state index contributed by atoms with van der Waals surface area (Å²) >= 11 is 0. The number of hydrogen-bond donors (Lipinski definition) is 1. The molecular formula is C22H26N2O5. The zero-order valence-electron chi connectivity index (χ0n) is 17.4. The molecular weight excluding hydrogens is 372 g/mol. The van der Waals surface area contributed by atoms with Crippen molar-refractivity contribution in [3.8, 4) is 5.75 Å². The molecule has 1 unspecified atom stereocenters. The van der Waals surface area contributed by atoms with E-state index >= 15 is 0 Å². The molecule has 0 bridgehead atoms. The number of hydrogen-bond acceptors (Lipinski definition) is 5. The van der Waals surface area contributed by atoms with Gasteiger partial charge in [0.05, 0.1) is 20.3 Å². The van der Waals surface area contributed by atoms with Crippen LogP contribution in [0.25, 0.3) is 0 Å². The van der Waals surface area contributed by atoms with Gasteiger partial charge in [0.2, 0.25) is 0 Å². The van der Waals surface area contributed by atoms with Gasteiger partial charge >= 0.3 is 5.97 Å². The number of aromatic amines is 1. The molecule has 0 aliphatic heterocycles. The van der Waals surface area contributed by atoms with Crippen LogP contribution in [0.4, 0.5) is 0 Å². The van der Waals surface area contributed by atoms with Gasteiger partial charge in [0.1, 0.15) is 11.4 Å². The predicted octanol–water partition coefficient (Wildman–Crippen LogP) is 3.33. The van der Waals surface area contributed by atoms with Gasteiger partial charge in [-0.15, -0.1) is 6.58 Å². The van der Waals surface area contributed by atoms with Crippen LogP contribution in [0.15, 0.2) is 36.9 Å². The molecule has 0 saturated carbocycles. The van der Waals surface area contributed by atoms with Gasteiger partial charge in [-0.25, -0.2) is 4.79 Å². The van der Waals surface area contributed by atoms with Gasteiger partial charge in [-0.2, -0.15) is 0 Å². The Morgan fingerprint density at radius 1 is 1.24 bits per heavy atom. The highest BCUT2D eigenvalue weighted by Crippen LogP contribution is 2.23. The van der Waals surface area contributed by atoms with Crippen LogP contribution < -0.4 is 4.74 Å². The number of esters is 1. The highest BCUT2D eigenvalue weighted by molar-refractivity contribution is 6.07. The van der Waals surface area contributed by atoms with Crippen molar-refractivity contribution in [2.75, 3.05) is 20.8 Å². The molecule has 0 saturated heterocycles. The summed E-state index contributed by atoms with van der Waals surface area (Å²) in [5.74, 6) is -0.589. The van der Waals surface area contributed by atoms with Gasteiger partial charge < -0.3 is 19.4 Å². The summed E-state index contributed by atoms with van der Waals surface area (Å²) in [6.45, 7) is 8.94. The summed E-state index contributed by atoms with van der Waals surface area (Å²) < 4.78 is 9.94. The summed E-state index contributed by atoms with van der Waals surface area (Å²) in [6.07, 6.45) is 1.57.